The zero-order chi connectivity index (χ0) is 18.5. The van der Waals surface area contributed by atoms with E-state index in [4.69, 9.17) is 4.74 Å². The molecule has 1 N–H and O–H groups in total. The summed E-state index contributed by atoms with van der Waals surface area (Å²) < 4.78 is 5.58. The van der Waals surface area contributed by atoms with E-state index in [0.29, 0.717) is 19.7 Å². The number of hydrogen-bond acceptors (Lipinski definition) is 8. The number of thiazole rings is 1. The van der Waals surface area contributed by atoms with Gasteiger partial charge in [-0.2, -0.15) is 0 Å². The maximum Gasteiger partial charge on any atom is 0.291 e. The Kier molecular flexibility index (Phi) is 6.12. The summed E-state index contributed by atoms with van der Waals surface area (Å²) in [6.45, 7) is 8.24. The highest BCUT2D eigenvalue weighted by atomic mass is 32.1. The van der Waals surface area contributed by atoms with Gasteiger partial charge in [-0.25, -0.2) is 15.0 Å². The molecule has 1 aliphatic rings. The molecule has 2 aromatic heterocycles. The molecule has 8 nitrogen and oxygen atoms in total. The van der Waals surface area contributed by atoms with Gasteiger partial charge in [-0.05, 0) is 13.8 Å². The summed E-state index contributed by atoms with van der Waals surface area (Å²) in [4.78, 5) is 28.9. The molecule has 1 atom stereocenters. The van der Waals surface area contributed by atoms with Crippen LogP contribution < -0.4 is 0 Å². The Balaban J connectivity index is 1.51. The van der Waals surface area contributed by atoms with Crippen molar-refractivity contribution in [3.05, 3.63) is 34.3 Å². The van der Waals surface area contributed by atoms with Crippen LogP contribution in [0.3, 0.4) is 0 Å². The molecule has 1 unspecified atom stereocenters. The van der Waals surface area contributed by atoms with Gasteiger partial charge in [-0.1, -0.05) is 0 Å². The van der Waals surface area contributed by atoms with E-state index in [2.05, 4.69) is 25.2 Å². The smallest absolute Gasteiger partial charge is 0.291 e. The minimum Gasteiger partial charge on any atom is -0.505 e. The first-order valence-electron chi connectivity index (χ1n) is 8.65. The van der Waals surface area contributed by atoms with Gasteiger partial charge in [0.1, 0.15) is 11.1 Å². The third-order valence-electron chi connectivity index (χ3n) is 4.21. The van der Waals surface area contributed by atoms with E-state index >= 15 is 0 Å². The van der Waals surface area contributed by atoms with Crippen molar-refractivity contribution in [1.82, 2.24) is 24.8 Å². The van der Waals surface area contributed by atoms with Gasteiger partial charge in [0, 0.05) is 44.7 Å². The van der Waals surface area contributed by atoms with Crippen LogP contribution in [0.2, 0.25) is 0 Å². The van der Waals surface area contributed by atoms with Crippen LogP contribution in [0.5, 0.6) is 5.75 Å². The van der Waals surface area contributed by atoms with Gasteiger partial charge in [0.2, 0.25) is 5.82 Å². The van der Waals surface area contributed by atoms with Crippen LogP contribution in [0.4, 0.5) is 0 Å². The lowest BCUT2D eigenvalue weighted by molar-refractivity contribution is 0.0613. The maximum atomic E-state index is 12.4. The van der Waals surface area contributed by atoms with E-state index in [1.54, 1.807) is 16.2 Å². The van der Waals surface area contributed by atoms with Crippen LogP contribution in [0, 0.1) is 0 Å². The van der Waals surface area contributed by atoms with Crippen LogP contribution in [-0.4, -0.2) is 68.6 Å². The van der Waals surface area contributed by atoms with Crippen LogP contribution in [-0.2, 0) is 11.3 Å². The standard InChI is InChI=1S/C17H23N5O3S/c1-3-25-12(2)16-20-13(11-26-16)10-21-4-6-22(7-5-21)17(24)15-18-8-14(23)9-19-15/h8-9,11-12,23H,3-7,10H2,1-2H3. The van der Waals surface area contributed by atoms with Gasteiger partial charge < -0.3 is 14.7 Å². The predicted octanol–water partition coefficient (Wildman–Crippen LogP) is 1.69. The molecule has 0 aliphatic carbocycles. The number of piperazine rings is 1. The fourth-order valence-electron chi connectivity index (χ4n) is 2.81. The van der Waals surface area contributed by atoms with Gasteiger partial charge in [0.25, 0.3) is 5.91 Å². The van der Waals surface area contributed by atoms with E-state index in [-0.39, 0.29) is 23.6 Å². The molecule has 0 spiro atoms. The molecular weight excluding hydrogens is 354 g/mol. The van der Waals surface area contributed by atoms with Gasteiger partial charge in [-0.15, -0.1) is 11.3 Å². The van der Waals surface area contributed by atoms with E-state index in [9.17, 15) is 9.90 Å². The Morgan fingerprint density at radius 1 is 1.31 bits per heavy atom. The molecule has 9 heteroatoms. The number of aromatic nitrogens is 3. The van der Waals surface area contributed by atoms with Gasteiger partial charge in [0.05, 0.1) is 18.1 Å². The summed E-state index contributed by atoms with van der Waals surface area (Å²) in [5, 5.41) is 12.3. The highest BCUT2D eigenvalue weighted by molar-refractivity contribution is 7.09. The first-order valence-corrected chi connectivity index (χ1v) is 9.53. The molecule has 140 valence electrons. The van der Waals surface area contributed by atoms with Gasteiger partial charge in [-0.3, -0.25) is 9.69 Å². The first-order chi connectivity index (χ1) is 12.6. The predicted molar refractivity (Wildman–Crippen MR) is 97.0 cm³/mol. The third-order valence-corrected chi connectivity index (χ3v) is 5.26. The SMILES string of the molecule is CCOC(C)c1nc(CN2CCN(C(=O)c3ncc(O)cn3)CC2)cs1. The molecule has 0 radical (unpaired) electrons. The van der Waals surface area contributed by atoms with Crippen molar-refractivity contribution in [2.75, 3.05) is 32.8 Å². The number of nitrogens with zero attached hydrogens (tertiary/aromatic N) is 5. The zero-order valence-corrected chi connectivity index (χ0v) is 15.8. The molecule has 26 heavy (non-hydrogen) atoms. The second-order valence-electron chi connectivity index (χ2n) is 6.11. The van der Waals surface area contributed by atoms with E-state index in [1.165, 1.54) is 12.4 Å². The molecule has 1 saturated heterocycles. The van der Waals surface area contributed by atoms with Crippen LogP contribution in [0.1, 0.15) is 41.3 Å². The number of amides is 1. The number of rotatable bonds is 6. The minimum absolute atomic E-state index is 0.0264. The Morgan fingerprint density at radius 3 is 2.65 bits per heavy atom. The number of hydrogen-bond donors (Lipinski definition) is 1. The quantitative estimate of drug-likeness (QED) is 0.819. The second-order valence-corrected chi connectivity index (χ2v) is 7.00. The Labute approximate surface area is 156 Å². The lowest BCUT2D eigenvalue weighted by Crippen LogP contribution is -2.48. The number of carbonyl (C=O) groups excluding carboxylic acids is 1. The summed E-state index contributed by atoms with van der Waals surface area (Å²) >= 11 is 1.63. The summed E-state index contributed by atoms with van der Waals surface area (Å²) in [7, 11) is 0. The fourth-order valence-corrected chi connectivity index (χ4v) is 3.63. The molecule has 1 amide bonds. The summed E-state index contributed by atoms with van der Waals surface area (Å²) in [5.41, 5.74) is 1.04. The molecular formula is C17H23N5O3S. The molecule has 0 aromatic carbocycles. The molecule has 0 saturated carbocycles. The highest BCUT2D eigenvalue weighted by Crippen LogP contribution is 2.22. The largest absolute Gasteiger partial charge is 0.505 e. The molecule has 1 fully saturated rings. The lowest BCUT2D eigenvalue weighted by Gasteiger charge is -2.33. The van der Waals surface area contributed by atoms with Crippen LogP contribution >= 0.6 is 11.3 Å². The monoisotopic (exact) mass is 377 g/mol. The van der Waals surface area contributed by atoms with Gasteiger partial charge in [0.15, 0.2) is 5.75 Å². The molecule has 3 heterocycles. The average Bonchev–Trinajstić information content (AvgIpc) is 3.11. The highest BCUT2D eigenvalue weighted by Gasteiger charge is 2.24. The zero-order valence-electron chi connectivity index (χ0n) is 15.0. The summed E-state index contributed by atoms with van der Waals surface area (Å²) in [5.74, 6) is -0.135. The molecule has 2 aromatic rings. The minimum atomic E-state index is -0.203. The van der Waals surface area contributed by atoms with Crippen molar-refractivity contribution >= 4 is 17.2 Å². The average molecular weight is 377 g/mol. The number of aromatic hydroxyl groups is 1. The van der Waals surface area contributed by atoms with Crippen molar-refractivity contribution in [3.8, 4) is 5.75 Å². The topological polar surface area (TPSA) is 91.7 Å². The number of carbonyl (C=O) groups is 1. The Morgan fingerprint density at radius 2 is 2.00 bits per heavy atom. The molecule has 3 rings (SSSR count). The normalized spacial score (nSPS) is 16.6. The van der Waals surface area contributed by atoms with Crippen LogP contribution in [0.15, 0.2) is 17.8 Å². The molecule has 0 bridgehead atoms. The van der Waals surface area contributed by atoms with Gasteiger partial charge >= 0.3 is 0 Å². The maximum absolute atomic E-state index is 12.4. The van der Waals surface area contributed by atoms with Crippen molar-refractivity contribution in [2.24, 2.45) is 0 Å². The lowest BCUT2D eigenvalue weighted by atomic mass is 10.3. The van der Waals surface area contributed by atoms with E-state index < -0.39 is 0 Å². The number of ether oxygens (including phenoxy) is 1. The van der Waals surface area contributed by atoms with E-state index in [0.717, 1.165) is 30.3 Å². The Hall–Kier alpha value is -2.10. The molecule has 1 aliphatic heterocycles. The fraction of sp³-hybridized carbons (Fsp3) is 0.529. The van der Waals surface area contributed by atoms with Crippen molar-refractivity contribution in [2.45, 2.75) is 26.5 Å². The second kappa shape index (κ2) is 8.52. The Bertz CT molecular complexity index is 728. The van der Waals surface area contributed by atoms with Crippen LogP contribution in [0.25, 0.3) is 0 Å². The van der Waals surface area contributed by atoms with E-state index in [1.807, 2.05) is 13.8 Å². The first kappa shape index (κ1) is 18.7. The summed E-state index contributed by atoms with van der Waals surface area (Å²) in [6.07, 6.45) is 2.50. The third kappa shape index (κ3) is 4.54. The van der Waals surface area contributed by atoms with Crippen molar-refractivity contribution in [1.29, 1.82) is 0 Å². The van der Waals surface area contributed by atoms with Crippen molar-refractivity contribution < 1.29 is 14.6 Å². The van der Waals surface area contributed by atoms with Crippen molar-refractivity contribution in [3.63, 3.8) is 0 Å². The summed E-state index contributed by atoms with van der Waals surface area (Å²) in [6, 6.07) is 0.